The van der Waals surface area contributed by atoms with E-state index in [0.29, 0.717) is 12.8 Å². The highest BCUT2D eigenvalue weighted by molar-refractivity contribution is 5.89. The highest BCUT2D eigenvalue weighted by atomic mass is 19.4. The van der Waals surface area contributed by atoms with E-state index >= 15 is 0 Å². The van der Waals surface area contributed by atoms with Crippen LogP contribution >= 0.6 is 0 Å². The van der Waals surface area contributed by atoms with Crippen LogP contribution in [0.5, 0.6) is 0 Å². The van der Waals surface area contributed by atoms with Crippen molar-refractivity contribution < 1.29 is 27.8 Å². The lowest BCUT2D eigenvalue weighted by molar-refractivity contribution is -0.299. The number of carbonyl (C=O) groups excluding carboxylic acids is 1. The molecule has 1 N–H and O–H groups in total. The van der Waals surface area contributed by atoms with E-state index in [1.165, 1.54) is 6.92 Å². The molecule has 8 heteroatoms. The summed E-state index contributed by atoms with van der Waals surface area (Å²) < 4.78 is 43.5. The average molecular weight is 296 g/mol. The zero-order valence-electron chi connectivity index (χ0n) is 11.5. The zero-order valence-corrected chi connectivity index (χ0v) is 11.5. The van der Waals surface area contributed by atoms with Crippen molar-refractivity contribution in [3.8, 4) is 0 Å². The molecule has 1 unspecified atom stereocenters. The Hall–Kier alpha value is -1.31. The van der Waals surface area contributed by atoms with Gasteiger partial charge in [0.15, 0.2) is 0 Å². The molecule has 0 aliphatic carbocycles. The van der Waals surface area contributed by atoms with E-state index < -0.39 is 24.4 Å². The van der Waals surface area contributed by atoms with Gasteiger partial charge in [0.2, 0.25) is 0 Å². The standard InChI is InChI=1S/C12H19F3N2O3/c1-3-5-6-7-9-8-11(19,12(13,14)15)17(16-9)10(18)20-4-2/h19H,3-8H2,1-2H3. The summed E-state index contributed by atoms with van der Waals surface area (Å²) in [6.07, 6.45) is -4.25. The van der Waals surface area contributed by atoms with Gasteiger partial charge in [0, 0.05) is 12.1 Å². The van der Waals surface area contributed by atoms with Gasteiger partial charge < -0.3 is 9.84 Å². The molecule has 1 aliphatic heterocycles. The van der Waals surface area contributed by atoms with Crippen molar-refractivity contribution in [2.75, 3.05) is 6.61 Å². The maximum atomic E-state index is 13.0. The van der Waals surface area contributed by atoms with Crippen molar-refractivity contribution in [3.63, 3.8) is 0 Å². The fourth-order valence-electron chi connectivity index (χ4n) is 1.93. The molecule has 0 spiro atoms. The van der Waals surface area contributed by atoms with Crippen LogP contribution in [0.2, 0.25) is 0 Å². The predicted octanol–water partition coefficient (Wildman–Crippen LogP) is 3.04. The molecule has 20 heavy (non-hydrogen) atoms. The van der Waals surface area contributed by atoms with E-state index in [2.05, 4.69) is 9.84 Å². The molecule has 0 bridgehead atoms. The Morgan fingerprint density at radius 1 is 1.45 bits per heavy atom. The first-order valence-electron chi connectivity index (χ1n) is 6.58. The second-order valence-corrected chi connectivity index (χ2v) is 4.63. The van der Waals surface area contributed by atoms with Crippen molar-refractivity contribution in [2.24, 2.45) is 5.10 Å². The Bertz CT molecular complexity index is 385. The fourth-order valence-corrected chi connectivity index (χ4v) is 1.93. The first-order valence-corrected chi connectivity index (χ1v) is 6.58. The summed E-state index contributed by atoms with van der Waals surface area (Å²) in [6.45, 7) is 3.34. The molecule has 0 saturated heterocycles. The van der Waals surface area contributed by atoms with Gasteiger partial charge in [0.25, 0.3) is 5.72 Å². The number of amides is 1. The van der Waals surface area contributed by atoms with Gasteiger partial charge in [-0.1, -0.05) is 19.8 Å². The summed E-state index contributed by atoms with van der Waals surface area (Å²) in [6, 6.07) is 0. The molecule has 0 radical (unpaired) electrons. The van der Waals surface area contributed by atoms with Crippen LogP contribution in [0.1, 0.15) is 46.0 Å². The predicted molar refractivity (Wildman–Crippen MR) is 66.1 cm³/mol. The normalized spacial score (nSPS) is 22.9. The van der Waals surface area contributed by atoms with E-state index in [0.717, 1.165) is 12.8 Å². The molecule has 1 atom stereocenters. The maximum absolute atomic E-state index is 13.0. The first-order chi connectivity index (χ1) is 9.26. The minimum atomic E-state index is -4.99. The summed E-state index contributed by atoms with van der Waals surface area (Å²) in [4.78, 5) is 11.5. The van der Waals surface area contributed by atoms with Gasteiger partial charge in [-0.15, -0.1) is 0 Å². The van der Waals surface area contributed by atoms with Gasteiger partial charge in [0.05, 0.1) is 6.61 Å². The van der Waals surface area contributed by atoms with Crippen LogP contribution in [-0.4, -0.2) is 40.4 Å². The van der Waals surface area contributed by atoms with Crippen LogP contribution in [0.15, 0.2) is 5.10 Å². The summed E-state index contributed by atoms with van der Waals surface area (Å²) in [5, 5.41) is 13.4. The Labute approximate surface area is 115 Å². The third-order valence-electron chi connectivity index (χ3n) is 3.01. The van der Waals surface area contributed by atoms with Crippen LogP contribution in [0.25, 0.3) is 0 Å². The SMILES string of the molecule is CCCCCC1=NN(C(=O)OCC)C(O)(C(F)(F)F)C1. The van der Waals surface area contributed by atoms with E-state index in [1.54, 1.807) is 0 Å². The number of hydrogen-bond acceptors (Lipinski definition) is 4. The number of unbranched alkanes of at least 4 members (excludes halogenated alkanes) is 2. The molecular weight excluding hydrogens is 277 g/mol. The van der Waals surface area contributed by atoms with Crippen LogP contribution in [-0.2, 0) is 4.74 Å². The molecule has 1 rings (SSSR count). The second-order valence-electron chi connectivity index (χ2n) is 4.63. The molecule has 1 heterocycles. The minimum absolute atomic E-state index is 0.0117. The number of hydrazone groups is 1. The topological polar surface area (TPSA) is 62.1 Å². The summed E-state index contributed by atoms with van der Waals surface area (Å²) in [5.41, 5.74) is -3.15. The number of ether oxygens (including phenoxy) is 1. The average Bonchev–Trinajstić information content (AvgIpc) is 2.68. The smallest absolute Gasteiger partial charge is 0.439 e. The van der Waals surface area contributed by atoms with Crippen LogP contribution in [0, 0.1) is 0 Å². The molecule has 1 amide bonds. The lowest BCUT2D eigenvalue weighted by Gasteiger charge is -2.31. The van der Waals surface area contributed by atoms with Crippen molar-refractivity contribution in [1.29, 1.82) is 0 Å². The number of alkyl halides is 3. The first kappa shape index (κ1) is 16.7. The summed E-state index contributed by atoms with van der Waals surface area (Å²) in [7, 11) is 0. The quantitative estimate of drug-likeness (QED) is 0.793. The maximum Gasteiger partial charge on any atom is 0.439 e. The zero-order chi connectivity index (χ0) is 15.4. The molecule has 0 aromatic heterocycles. The molecule has 1 aliphatic rings. The number of aliphatic hydroxyl groups is 1. The number of rotatable bonds is 5. The number of nitrogens with zero attached hydrogens (tertiary/aromatic N) is 2. The number of hydrogen-bond donors (Lipinski definition) is 1. The molecule has 116 valence electrons. The number of carbonyl (C=O) groups is 1. The highest BCUT2D eigenvalue weighted by Gasteiger charge is 2.63. The van der Waals surface area contributed by atoms with E-state index in [1.807, 2.05) is 6.92 Å². The Morgan fingerprint density at radius 3 is 2.60 bits per heavy atom. The van der Waals surface area contributed by atoms with Gasteiger partial charge in [-0.3, -0.25) is 0 Å². The highest BCUT2D eigenvalue weighted by Crippen LogP contribution is 2.41. The van der Waals surface area contributed by atoms with Gasteiger partial charge in [-0.25, -0.2) is 4.79 Å². The molecule has 0 fully saturated rings. The molecule has 0 saturated carbocycles. The van der Waals surface area contributed by atoms with Crippen LogP contribution < -0.4 is 0 Å². The van der Waals surface area contributed by atoms with Gasteiger partial charge in [-0.2, -0.15) is 23.3 Å². The van der Waals surface area contributed by atoms with Crippen molar-refractivity contribution in [3.05, 3.63) is 0 Å². The van der Waals surface area contributed by atoms with Crippen LogP contribution in [0.4, 0.5) is 18.0 Å². The lowest BCUT2D eigenvalue weighted by atomic mass is 10.0. The molecule has 5 nitrogen and oxygen atoms in total. The van der Waals surface area contributed by atoms with E-state index in [9.17, 15) is 23.1 Å². The van der Waals surface area contributed by atoms with Gasteiger partial charge in [0.1, 0.15) is 0 Å². The monoisotopic (exact) mass is 296 g/mol. The van der Waals surface area contributed by atoms with E-state index in [-0.39, 0.29) is 17.3 Å². The largest absolute Gasteiger partial charge is 0.448 e. The van der Waals surface area contributed by atoms with Gasteiger partial charge >= 0.3 is 12.3 Å². The van der Waals surface area contributed by atoms with Crippen LogP contribution in [0.3, 0.4) is 0 Å². The Kier molecular flexibility index (Phi) is 5.38. The van der Waals surface area contributed by atoms with Crippen molar-refractivity contribution in [1.82, 2.24) is 5.01 Å². The van der Waals surface area contributed by atoms with Gasteiger partial charge in [-0.05, 0) is 19.8 Å². The Balaban J connectivity index is 2.89. The van der Waals surface area contributed by atoms with Crippen molar-refractivity contribution in [2.45, 2.75) is 57.9 Å². The summed E-state index contributed by atoms with van der Waals surface area (Å²) >= 11 is 0. The fraction of sp³-hybridized carbons (Fsp3) is 0.833. The third kappa shape index (κ3) is 3.41. The third-order valence-corrected chi connectivity index (χ3v) is 3.01. The minimum Gasteiger partial charge on any atom is -0.448 e. The van der Waals surface area contributed by atoms with Crippen molar-refractivity contribution >= 4 is 11.8 Å². The molecule has 0 aromatic carbocycles. The molecule has 0 aromatic rings. The summed E-state index contributed by atoms with van der Waals surface area (Å²) in [5.74, 6) is 0. The molecular formula is C12H19F3N2O3. The lowest BCUT2D eigenvalue weighted by Crippen LogP contribution is -2.56. The second kappa shape index (κ2) is 6.43. The van der Waals surface area contributed by atoms with E-state index in [4.69, 9.17) is 0 Å². The Morgan fingerprint density at radius 2 is 2.10 bits per heavy atom. The number of halogens is 3.